The van der Waals surface area contributed by atoms with E-state index < -0.39 is 0 Å². The van der Waals surface area contributed by atoms with Gasteiger partial charge in [-0.1, -0.05) is 78.1 Å². The van der Waals surface area contributed by atoms with Gasteiger partial charge >= 0.3 is 12.1 Å². The van der Waals surface area contributed by atoms with Gasteiger partial charge < -0.3 is 36.7 Å². The van der Waals surface area contributed by atoms with Gasteiger partial charge in [0.15, 0.2) is 0 Å². The monoisotopic (exact) mass is 550 g/mol. The molecule has 0 radical (unpaired) electrons. The summed E-state index contributed by atoms with van der Waals surface area (Å²) in [6.45, 7) is 7.23. The van der Waals surface area contributed by atoms with Gasteiger partial charge in [0.25, 0.3) is 0 Å². The van der Waals surface area contributed by atoms with E-state index >= 15 is 0 Å². The highest BCUT2D eigenvalue weighted by molar-refractivity contribution is 5.74. The minimum absolute atomic E-state index is 0. The van der Waals surface area contributed by atoms with Crippen molar-refractivity contribution in [1.82, 2.24) is 41.2 Å². The second-order valence-electron chi connectivity index (χ2n) is 9.55. The predicted molar refractivity (Wildman–Crippen MR) is 158 cm³/mol. The quantitative estimate of drug-likeness (QED) is 0.134. The number of carbonyl (C=O) groups excluding carboxylic acids is 2. The molecule has 0 aliphatic heterocycles. The first kappa shape index (κ1) is 35.9. The normalized spacial score (nSPS) is 10.1. The van der Waals surface area contributed by atoms with Gasteiger partial charge in [0.05, 0.1) is 12.7 Å². The molecule has 0 fully saturated rings. The molecular formula is C28H54N8O3. The Morgan fingerprint density at radius 2 is 0.949 bits per heavy atom. The molecule has 0 saturated carbocycles. The van der Waals surface area contributed by atoms with Crippen LogP contribution in [-0.4, -0.2) is 63.7 Å². The number of aromatic amines is 2. The standard InChI is InChI=1S/2C14H26N4O.H2O/c2*1-2-3-4-5-6-7-9-16-14(19)17-10-8-13-11-15-12-18-13;/h2*11-12H,2-10H2,1H3,(H,15,18)(H2,16,17,19);1H2. The third-order valence-electron chi connectivity index (χ3n) is 6.10. The van der Waals surface area contributed by atoms with E-state index in [9.17, 15) is 9.59 Å². The predicted octanol–water partition coefficient (Wildman–Crippen LogP) is 4.40. The molecule has 2 heterocycles. The topological polar surface area (TPSA) is 171 Å². The van der Waals surface area contributed by atoms with E-state index in [1.807, 2.05) is 0 Å². The van der Waals surface area contributed by atoms with Gasteiger partial charge in [-0.25, -0.2) is 19.6 Å². The number of nitrogens with one attached hydrogen (secondary N) is 6. The molecule has 8 N–H and O–H groups in total. The molecule has 39 heavy (non-hydrogen) atoms. The summed E-state index contributed by atoms with van der Waals surface area (Å²) in [6.07, 6.45) is 23.3. The Morgan fingerprint density at radius 3 is 1.31 bits per heavy atom. The number of amides is 4. The smallest absolute Gasteiger partial charge is 0.314 e. The number of unbranched alkanes of at least 4 members (excludes halogenated alkanes) is 10. The molecule has 2 aromatic heterocycles. The summed E-state index contributed by atoms with van der Waals surface area (Å²) < 4.78 is 0. The first-order valence-electron chi connectivity index (χ1n) is 14.6. The van der Waals surface area contributed by atoms with E-state index in [0.717, 1.165) is 50.2 Å². The van der Waals surface area contributed by atoms with E-state index in [0.29, 0.717) is 13.1 Å². The first-order chi connectivity index (χ1) is 18.7. The summed E-state index contributed by atoms with van der Waals surface area (Å²) in [6, 6.07) is -0.152. The summed E-state index contributed by atoms with van der Waals surface area (Å²) in [4.78, 5) is 36.8. The van der Waals surface area contributed by atoms with E-state index in [1.54, 1.807) is 25.0 Å². The minimum atomic E-state index is -0.0759. The van der Waals surface area contributed by atoms with Crippen LogP contribution in [0.5, 0.6) is 0 Å². The number of nitrogens with zero attached hydrogens (tertiary/aromatic N) is 2. The first-order valence-corrected chi connectivity index (χ1v) is 14.6. The lowest BCUT2D eigenvalue weighted by molar-refractivity contribution is 0.240. The van der Waals surface area contributed by atoms with Crippen molar-refractivity contribution in [3.05, 3.63) is 36.4 Å². The van der Waals surface area contributed by atoms with Crippen LogP contribution in [0.15, 0.2) is 25.0 Å². The van der Waals surface area contributed by atoms with Gasteiger partial charge in [0.1, 0.15) is 0 Å². The van der Waals surface area contributed by atoms with Gasteiger partial charge in [-0.15, -0.1) is 0 Å². The molecule has 11 heteroatoms. The third kappa shape index (κ3) is 22.6. The van der Waals surface area contributed by atoms with Crippen molar-refractivity contribution >= 4 is 12.1 Å². The lowest BCUT2D eigenvalue weighted by Gasteiger charge is -2.07. The Hall–Kier alpha value is -3.08. The van der Waals surface area contributed by atoms with Crippen molar-refractivity contribution in [3.8, 4) is 0 Å². The minimum Gasteiger partial charge on any atom is -0.412 e. The summed E-state index contributed by atoms with van der Waals surface area (Å²) in [5.41, 5.74) is 2.08. The molecule has 11 nitrogen and oxygen atoms in total. The SMILES string of the molecule is CCCCCCCCNC(=O)NCCc1cnc[nH]1.CCCCCCCCNC(=O)NCCc1cnc[nH]1.O. The van der Waals surface area contributed by atoms with Crippen LogP contribution in [0.1, 0.15) is 102 Å². The van der Waals surface area contributed by atoms with E-state index in [4.69, 9.17) is 0 Å². The van der Waals surface area contributed by atoms with Crippen molar-refractivity contribution in [2.45, 2.75) is 104 Å². The molecule has 4 amide bonds. The number of hydrogen-bond donors (Lipinski definition) is 6. The maximum absolute atomic E-state index is 11.5. The molecule has 0 bridgehead atoms. The number of aromatic nitrogens is 4. The summed E-state index contributed by atoms with van der Waals surface area (Å²) in [7, 11) is 0. The number of carbonyl (C=O) groups is 2. The van der Waals surface area contributed by atoms with Crippen molar-refractivity contribution < 1.29 is 15.1 Å². The summed E-state index contributed by atoms with van der Waals surface area (Å²) >= 11 is 0. The van der Waals surface area contributed by atoms with Crippen LogP contribution in [-0.2, 0) is 12.8 Å². The fraction of sp³-hybridized carbons (Fsp3) is 0.714. The molecule has 0 aliphatic carbocycles. The highest BCUT2D eigenvalue weighted by Gasteiger charge is 2.01. The number of imidazole rings is 2. The Bertz CT molecular complexity index is 719. The number of hydrogen-bond acceptors (Lipinski definition) is 4. The lowest BCUT2D eigenvalue weighted by atomic mass is 10.1. The van der Waals surface area contributed by atoms with Crippen LogP contribution in [0.4, 0.5) is 9.59 Å². The van der Waals surface area contributed by atoms with E-state index in [-0.39, 0.29) is 17.5 Å². The highest BCUT2D eigenvalue weighted by atomic mass is 16.2. The zero-order valence-corrected chi connectivity index (χ0v) is 24.2. The second-order valence-corrected chi connectivity index (χ2v) is 9.55. The van der Waals surface area contributed by atoms with E-state index in [2.05, 4.69) is 55.1 Å². The molecule has 0 aromatic carbocycles. The molecule has 2 rings (SSSR count). The Balaban J connectivity index is 0.000000722. The average Bonchev–Trinajstić information content (AvgIpc) is 3.63. The zero-order chi connectivity index (χ0) is 27.5. The molecule has 0 atom stereocenters. The van der Waals surface area contributed by atoms with Crippen LogP contribution in [0.3, 0.4) is 0 Å². The van der Waals surface area contributed by atoms with Crippen LogP contribution < -0.4 is 21.3 Å². The maximum atomic E-state index is 11.5. The molecule has 0 unspecified atom stereocenters. The Labute approximate surface area is 234 Å². The molecule has 224 valence electrons. The van der Waals surface area contributed by atoms with Crippen LogP contribution >= 0.6 is 0 Å². The average molecular weight is 551 g/mol. The molecule has 0 spiro atoms. The summed E-state index contributed by atoms with van der Waals surface area (Å²) in [5, 5.41) is 11.4. The van der Waals surface area contributed by atoms with Crippen LogP contribution in [0, 0.1) is 0 Å². The van der Waals surface area contributed by atoms with Gasteiger partial charge in [-0.3, -0.25) is 0 Å². The number of urea groups is 2. The van der Waals surface area contributed by atoms with Gasteiger partial charge in [-0.2, -0.15) is 0 Å². The van der Waals surface area contributed by atoms with Crippen LogP contribution in [0.25, 0.3) is 0 Å². The Morgan fingerprint density at radius 1 is 0.590 bits per heavy atom. The summed E-state index contributed by atoms with van der Waals surface area (Å²) in [5.74, 6) is 0. The fourth-order valence-corrected chi connectivity index (χ4v) is 3.80. The van der Waals surface area contributed by atoms with Crippen molar-refractivity contribution in [2.75, 3.05) is 26.2 Å². The van der Waals surface area contributed by atoms with Crippen molar-refractivity contribution in [1.29, 1.82) is 0 Å². The maximum Gasteiger partial charge on any atom is 0.314 e. The van der Waals surface area contributed by atoms with Gasteiger partial charge in [0, 0.05) is 62.8 Å². The molecule has 0 saturated heterocycles. The molecule has 0 aliphatic rings. The largest absolute Gasteiger partial charge is 0.412 e. The number of H-pyrrole nitrogens is 2. The van der Waals surface area contributed by atoms with Crippen molar-refractivity contribution in [2.24, 2.45) is 0 Å². The van der Waals surface area contributed by atoms with Crippen LogP contribution in [0.2, 0.25) is 0 Å². The second kappa shape index (κ2) is 26.5. The van der Waals surface area contributed by atoms with E-state index in [1.165, 1.54) is 64.2 Å². The van der Waals surface area contributed by atoms with Gasteiger partial charge in [-0.05, 0) is 12.8 Å². The zero-order valence-electron chi connectivity index (χ0n) is 24.2. The number of rotatable bonds is 20. The fourth-order valence-electron chi connectivity index (χ4n) is 3.80. The van der Waals surface area contributed by atoms with Crippen molar-refractivity contribution in [3.63, 3.8) is 0 Å². The van der Waals surface area contributed by atoms with Gasteiger partial charge in [0.2, 0.25) is 0 Å². The lowest BCUT2D eigenvalue weighted by Crippen LogP contribution is -2.37. The Kier molecular flexibility index (Phi) is 24.4. The molecular weight excluding hydrogens is 496 g/mol. The highest BCUT2D eigenvalue weighted by Crippen LogP contribution is 2.04. The third-order valence-corrected chi connectivity index (χ3v) is 6.10. The molecule has 2 aromatic rings.